The Balaban J connectivity index is 1.76. The SMILES string of the molecule is Cc1cc(F)cc(Nc2ccc(N)c(OCC3CC3)n2)c1. The van der Waals surface area contributed by atoms with Gasteiger partial charge >= 0.3 is 0 Å². The van der Waals surface area contributed by atoms with Crippen molar-refractivity contribution in [2.24, 2.45) is 5.92 Å². The standard InChI is InChI=1S/C16H18FN3O/c1-10-6-12(17)8-13(7-10)19-15-5-4-14(18)16(20-15)21-9-11-2-3-11/h4-8,11H,2-3,9,18H2,1H3,(H,19,20). The van der Waals surface area contributed by atoms with E-state index in [0.717, 1.165) is 5.56 Å². The zero-order chi connectivity index (χ0) is 14.8. The molecule has 0 bridgehead atoms. The Bertz CT molecular complexity index is 636. The number of aromatic nitrogens is 1. The first kappa shape index (κ1) is 13.7. The molecule has 1 fully saturated rings. The smallest absolute Gasteiger partial charge is 0.239 e. The fourth-order valence-electron chi connectivity index (χ4n) is 2.07. The highest BCUT2D eigenvalue weighted by atomic mass is 19.1. The van der Waals surface area contributed by atoms with Gasteiger partial charge in [-0.3, -0.25) is 0 Å². The summed E-state index contributed by atoms with van der Waals surface area (Å²) in [5.41, 5.74) is 7.87. The van der Waals surface area contributed by atoms with Gasteiger partial charge in [-0.05, 0) is 61.6 Å². The summed E-state index contributed by atoms with van der Waals surface area (Å²) in [6.45, 7) is 2.49. The Morgan fingerprint density at radius 3 is 2.86 bits per heavy atom. The highest BCUT2D eigenvalue weighted by molar-refractivity contribution is 5.61. The minimum Gasteiger partial charge on any atom is -0.476 e. The molecule has 110 valence electrons. The lowest BCUT2D eigenvalue weighted by Gasteiger charge is -2.11. The van der Waals surface area contributed by atoms with E-state index < -0.39 is 0 Å². The predicted octanol–water partition coefficient (Wildman–Crippen LogP) is 3.64. The molecule has 0 atom stereocenters. The molecule has 0 aliphatic heterocycles. The summed E-state index contributed by atoms with van der Waals surface area (Å²) in [6.07, 6.45) is 2.42. The molecule has 1 heterocycles. The van der Waals surface area contributed by atoms with E-state index in [2.05, 4.69) is 10.3 Å². The maximum Gasteiger partial charge on any atom is 0.239 e. The molecule has 0 unspecified atom stereocenters. The number of hydrogen-bond donors (Lipinski definition) is 2. The van der Waals surface area contributed by atoms with E-state index in [-0.39, 0.29) is 5.82 Å². The first-order valence-corrected chi connectivity index (χ1v) is 7.04. The number of pyridine rings is 1. The van der Waals surface area contributed by atoms with Crippen LogP contribution in [0.15, 0.2) is 30.3 Å². The van der Waals surface area contributed by atoms with Gasteiger partial charge in [-0.2, -0.15) is 4.98 Å². The second-order valence-electron chi connectivity index (χ2n) is 5.49. The topological polar surface area (TPSA) is 60.2 Å². The van der Waals surface area contributed by atoms with E-state index in [1.54, 1.807) is 12.1 Å². The van der Waals surface area contributed by atoms with Gasteiger partial charge in [-0.1, -0.05) is 0 Å². The second-order valence-corrected chi connectivity index (χ2v) is 5.49. The van der Waals surface area contributed by atoms with E-state index in [1.165, 1.54) is 25.0 Å². The number of anilines is 3. The predicted molar refractivity (Wildman–Crippen MR) is 81.3 cm³/mol. The van der Waals surface area contributed by atoms with E-state index in [0.29, 0.717) is 35.6 Å². The normalized spacial score (nSPS) is 14.0. The number of halogens is 1. The van der Waals surface area contributed by atoms with Gasteiger partial charge in [0.1, 0.15) is 11.6 Å². The molecule has 0 amide bonds. The number of nitrogen functional groups attached to an aromatic ring is 1. The number of nitrogens with zero attached hydrogens (tertiary/aromatic N) is 1. The van der Waals surface area contributed by atoms with Crippen LogP contribution in [0.3, 0.4) is 0 Å². The van der Waals surface area contributed by atoms with Gasteiger partial charge in [0.05, 0.1) is 12.3 Å². The van der Waals surface area contributed by atoms with Gasteiger partial charge < -0.3 is 15.8 Å². The number of benzene rings is 1. The van der Waals surface area contributed by atoms with E-state index >= 15 is 0 Å². The monoisotopic (exact) mass is 287 g/mol. The molecule has 0 radical (unpaired) electrons. The van der Waals surface area contributed by atoms with Crippen molar-refractivity contribution in [1.82, 2.24) is 4.98 Å². The average molecular weight is 287 g/mol. The molecule has 1 aromatic heterocycles. The Labute approximate surface area is 123 Å². The van der Waals surface area contributed by atoms with Gasteiger partial charge in [-0.15, -0.1) is 0 Å². The van der Waals surface area contributed by atoms with Gasteiger partial charge in [0, 0.05) is 5.69 Å². The molecule has 21 heavy (non-hydrogen) atoms. The minimum absolute atomic E-state index is 0.279. The third-order valence-corrected chi connectivity index (χ3v) is 3.36. The van der Waals surface area contributed by atoms with Crippen molar-refractivity contribution in [3.05, 3.63) is 41.7 Å². The van der Waals surface area contributed by atoms with Crippen LogP contribution in [-0.2, 0) is 0 Å². The van der Waals surface area contributed by atoms with E-state index in [9.17, 15) is 4.39 Å². The summed E-state index contributed by atoms with van der Waals surface area (Å²) >= 11 is 0. The van der Waals surface area contributed by atoms with Crippen LogP contribution in [0, 0.1) is 18.7 Å². The third kappa shape index (κ3) is 3.62. The summed E-state index contributed by atoms with van der Waals surface area (Å²) in [5.74, 6) is 1.37. The molecular formula is C16H18FN3O. The van der Waals surface area contributed by atoms with Gasteiger partial charge in [-0.25, -0.2) is 4.39 Å². The zero-order valence-electron chi connectivity index (χ0n) is 11.9. The van der Waals surface area contributed by atoms with E-state index in [1.807, 2.05) is 13.0 Å². The van der Waals surface area contributed by atoms with Crippen LogP contribution in [0.5, 0.6) is 5.88 Å². The number of nitrogens with one attached hydrogen (secondary N) is 1. The van der Waals surface area contributed by atoms with Gasteiger partial charge in [0.2, 0.25) is 5.88 Å². The number of rotatable bonds is 5. The van der Waals surface area contributed by atoms with Gasteiger partial charge in [0.15, 0.2) is 0 Å². The number of ether oxygens (including phenoxy) is 1. The molecule has 1 aromatic carbocycles. The van der Waals surface area contributed by atoms with Crippen molar-refractivity contribution in [3.63, 3.8) is 0 Å². The highest BCUT2D eigenvalue weighted by Gasteiger charge is 2.22. The lowest BCUT2D eigenvalue weighted by molar-refractivity contribution is 0.290. The van der Waals surface area contributed by atoms with Crippen molar-refractivity contribution in [2.45, 2.75) is 19.8 Å². The third-order valence-electron chi connectivity index (χ3n) is 3.36. The van der Waals surface area contributed by atoms with Crippen molar-refractivity contribution < 1.29 is 9.13 Å². The fourth-order valence-corrected chi connectivity index (χ4v) is 2.07. The molecule has 3 rings (SSSR count). The van der Waals surface area contributed by atoms with Crippen LogP contribution in [0.25, 0.3) is 0 Å². The molecular weight excluding hydrogens is 269 g/mol. The van der Waals surface area contributed by atoms with Crippen LogP contribution in [0.2, 0.25) is 0 Å². The van der Waals surface area contributed by atoms with E-state index in [4.69, 9.17) is 10.5 Å². The average Bonchev–Trinajstić information content (AvgIpc) is 3.22. The molecule has 4 nitrogen and oxygen atoms in total. The highest BCUT2D eigenvalue weighted by Crippen LogP contribution is 2.31. The number of hydrogen-bond acceptors (Lipinski definition) is 4. The summed E-state index contributed by atoms with van der Waals surface area (Å²) in [7, 11) is 0. The zero-order valence-corrected chi connectivity index (χ0v) is 11.9. The lowest BCUT2D eigenvalue weighted by Crippen LogP contribution is -2.05. The molecule has 3 N–H and O–H groups in total. The first-order chi connectivity index (χ1) is 10.1. The first-order valence-electron chi connectivity index (χ1n) is 7.04. The molecule has 0 saturated heterocycles. The maximum atomic E-state index is 13.4. The van der Waals surface area contributed by atoms with Crippen LogP contribution >= 0.6 is 0 Å². The quantitative estimate of drug-likeness (QED) is 0.881. The largest absolute Gasteiger partial charge is 0.476 e. The summed E-state index contributed by atoms with van der Waals surface area (Å²) < 4.78 is 19.0. The Morgan fingerprint density at radius 1 is 1.33 bits per heavy atom. The van der Waals surface area contributed by atoms with Crippen LogP contribution in [0.1, 0.15) is 18.4 Å². The fraction of sp³-hybridized carbons (Fsp3) is 0.312. The van der Waals surface area contributed by atoms with Crippen molar-refractivity contribution in [2.75, 3.05) is 17.7 Å². The van der Waals surface area contributed by atoms with Gasteiger partial charge in [0.25, 0.3) is 0 Å². The molecule has 1 aliphatic rings. The van der Waals surface area contributed by atoms with Crippen LogP contribution < -0.4 is 15.8 Å². The molecule has 2 aromatic rings. The maximum absolute atomic E-state index is 13.4. The lowest BCUT2D eigenvalue weighted by atomic mass is 10.2. The summed E-state index contributed by atoms with van der Waals surface area (Å²) in [6, 6.07) is 8.25. The van der Waals surface area contributed by atoms with Crippen molar-refractivity contribution in [1.29, 1.82) is 0 Å². The molecule has 0 spiro atoms. The summed E-state index contributed by atoms with van der Waals surface area (Å²) in [5, 5.41) is 3.07. The van der Waals surface area contributed by atoms with Crippen molar-refractivity contribution in [3.8, 4) is 5.88 Å². The Morgan fingerprint density at radius 2 is 2.14 bits per heavy atom. The van der Waals surface area contributed by atoms with Crippen molar-refractivity contribution >= 4 is 17.2 Å². The molecule has 5 heteroatoms. The molecule has 1 aliphatic carbocycles. The Kier molecular flexibility index (Phi) is 3.64. The summed E-state index contributed by atoms with van der Waals surface area (Å²) in [4.78, 5) is 4.35. The van der Waals surface area contributed by atoms with Crippen LogP contribution in [-0.4, -0.2) is 11.6 Å². The molecule has 1 saturated carbocycles. The van der Waals surface area contributed by atoms with Crippen LogP contribution in [0.4, 0.5) is 21.6 Å². The second kappa shape index (κ2) is 5.60. The number of nitrogens with two attached hydrogens (primary N) is 1. The minimum atomic E-state index is -0.279. The number of aryl methyl sites for hydroxylation is 1. The Hall–Kier alpha value is -2.30.